The monoisotopic (exact) mass is 417 g/mol. The summed E-state index contributed by atoms with van der Waals surface area (Å²) < 4.78 is 16.4. The molecule has 0 saturated carbocycles. The van der Waals surface area contributed by atoms with Gasteiger partial charge in [0.05, 0.1) is 26.3 Å². The fourth-order valence-electron chi connectivity index (χ4n) is 2.91. The molecule has 3 rings (SSSR count). The molecule has 0 radical (unpaired) electrons. The molecule has 29 heavy (non-hydrogen) atoms. The zero-order valence-corrected chi connectivity index (χ0v) is 17.1. The lowest BCUT2D eigenvalue weighted by atomic mass is 10.1. The van der Waals surface area contributed by atoms with E-state index in [0.29, 0.717) is 18.1 Å². The first-order valence-corrected chi connectivity index (χ1v) is 8.95. The molecule has 1 heterocycles. The van der Waals surface area contributed by atoms with E-state index in [2.05, 4.69) is 5.32 Å². The van der Waals surface area contributed by atoms with Gasteiger partial charge in [0.2, 0.25) is 0 Å². The third kappa shape index (κ3) is 5.76. The van der Waals surface area contributed by atoms with Crippen molar-refractivity contribution in [1.29, 1.82) is 0 Å². The van der Waals surface area contributed by atoms with Crippen LogP contribution in [0.2, 0.25) is 0 Å². The van der Waals surface area contributed by atoms with Crippen molar-refractivity contribution in [3.63, 3.8) is 0 Å². The van der Waals surface area contributed by atoms with Crippen LogP contribution in [0.15, 0.2) is 59.0 Å². The number of carboxylic acids is 1. The maximum Gasteiger partial charge on any atom is 0.335 e. The largest absolute Gasteiger partial charge is 0.493 e. The van der Waals surface area contributed by atoms with Gasteiger partial charge in [0.1, 0.15) is 11.5 Å². The summed E-state index contributed by atoms with van der Waals surface area (Å²) in [5.41, 5.74) is 2.13. The van der Waals surface area contributed by atoms with E-state index in [1.807, 2.05) is 36.4 Å². The fraction of sp³-hybridized carbons (Fsp3) is 0.227. The number of benzene rings is 2. The Labute approximate surface area is 175 Å². The second kappa shape index (κ2) is 10.5. The van der Waals surface area contributed by atoms with Crippen molar-refractivity contribution >= 4 is 18.4 Å². The lowest BCUT2D eigenvalue weighted by Gasteiger charge is -2.09. The molecule has 3 aromatic rings. The van der Waals surface area contributed by atoms with Gasteiger partial charge in [-0.25, -0.2) is 4.79 Å². The van der Waals surface area contributed by atoms with Crippen molar-refractivity contribution in [2.75, 3.05) is 20.8 Å². The zero-order valence-electron chi connectivity index (χ0n) is 16.3. The quantitative estimate of drug-likeness (QED) is 0.502. The molecule has 7 heteroatoms. The number of hydrogen-bond acceptors (Lipinski definition) is 5. The molecule has 0 unspecified atom stereocenters. The molecule has 0 aliphatic heterocycles. The SMILES string of the molecule is COc1ccc(CCNCc2ccc(-c3cccc(C(=O)O)c3)o2)cc1OC.Cl. The second-order valence-corrected chi connectivity index (χ2v) is 6.27. The molecule has 1 aromatic heterocycles. The van der Waals surface area contributed by atoms with Gasteiger partial charge in [0.15, 0.2) is 11.5 Å². The van der Waals surface area contributed by atoms with Gasteiger partial charge in [-0.05, 0) is 54.9 Å². The van der Waals surface area contributed by atoms with E-state index in [-0.39, 0.29) is 18.0 Å². The van der Waals surface area contributed by atoms with Crippen molar-refractivity contribution in [2.45, 2.75) is 13.0 Å². The minimum absolute atomic E-state index is 0. The number of ether oxygens (including phenoxy) is 2. The Kier molecular flexibility index (Phi) is 8.12. The molecular weight excluding hydrogens is 394 g/mol. The highest BCUT2D eigenvalue weighted by Gasteiger charge is 2.09. The number of hydrogen-bond donors (Lipinski definition) is 2. The van der Waals surface area contributed by atoms with Crippen LogP contribution < -0.4 is 14.8 Å². The number of methoxy groups -OCH3 is 2. The number of carboxylic acid groups (broad SMARTS) is 1. The van der Waals surface area contributed by atoms with Gasteiger partial charge in [-0.3, -0.25) is 0 Å². The fourth-order valence-corrected chi connectivity index (χ4v) is 2.91. The van der Waals surface area contributed by atoms with Gasteiger partial charge in [-0.1, -0.05) is 18.2 Å². The topological polar surface area (TPSA) is 80.9 Å². The summed E-state index contributed by atoms with van der Waals surface area (Å²) in [5.74, 6) is 1.93. The van der Waals surface area contributed by atoms with E-state index in [1.165, 1.54) is 0 Å². The zero-order chi connectivity index (χ0) is 19.9. The molecule has 0 bridgehead atoms. The Bertz CT molecular complexity index is 954. The highest BCUT2D eigenvalue weighted by molar-refractivity contribution is 5.89. The van der Waals surface area contributed by atoms with E-state index < -0.39 is 5.97 Å². The third-order valence-electron chi connectivity index (χ3n) is 4.39. The van der Waals surface area contributed by atoms with E-state index >= 15 is 0 Å². The molecule has 0 amide bonds. The van der Waals surface area contributed by atoms with Crippen LogP contribution in [0, 0.1) is 0 Å². The highest BCUT2D eigenvalue weighted by Crippen LogP contribution is 2.27. The average Bonchev–Trinajstić information content (AvgIpc) is 3.20. The van der Waals surface area contributed by atoms with Crippen LogP contribution in [0.3, 0.4) is 0 Å². The van der Waals surface area contributed by atoms with E-state index in [9.17, 15) is 4.79 Å². The minimum Gasteiger partial charge on any atom is -0.493 e. The first-order valence-electron chi connectivity index (χ1n) is 8.95. The van der Waals surface area contributed by atoms with Crippen molar-refractivity contribution in [3.05, 3.63) is 71.5 Å². The molecule has 0 saturated heterocycles. The Morgan fingerprint density at radius 1 is 1.03 bits per heavy atom. The molecule has 6 nitrogen and oxygen atoms in total. The van der Waals surface area contributed by atoms with Gasteiger partial charge in [0.25, 0.3) is 0 Å². The Morgan fingerprint density at radius 2 is 1.83 bits per heavy atom. The lowest BCUT2D eigenvalue weighted by Crippen LogP contribution is -2.16. The van der Waals surface area contributed by atoms with Crippen LogP contribution in [-0.2, 0) is 13.0 Å². The molecule has 2 N–H and O–H groups in total. The first kappa shape index (κ1) is 22.3. The summed E-state index contributed by atoms with van der Waals surface area (Å²) in [5, 5.41) is 12.5. The van der Waals surface area contributed by atoms with Crippen molar-refractivity contribution < 1.29 is 23.8 Å². The normalized spacial score (nSPS) is 10.3. The summed E-state index contributed by atoms with van der Waals surface area (Å²) in [7, 11) is 3.25. The first-order chi connectivity index (χ1) is 13.6. The Balaban J connectivity index is 0.00000300. The lowest BCUT2D eigenvalue weighted by molar-refractivity contribution is 0.0697. The van der Waals surface area contributed by atoms with E-state index in [1.54, 1.807) is 32.4 Å². The Hall–Kier alpha value is -2.96. The molecule has 0 atom stereocenters. The number of rotatable bonds is 9. The maximum atomic E-state index is 11.1. The summed E-state index contributed by atoms with van der Waals surface area (Å²) in [6.07, 6.45) is 0.842. The standard InChI is InChI=1S/C22H23NO5.ClH/c1-26-20-8-6-15(12-21(20)27-2)10-11-23-14-18-7-9-19(28-18)16-4-3-5-17(13-16)22(24)25;/h3-9,12-13,23H,10-11,14H2,1-2H3,(H,24,25);1H. The molecular formula is C22H24ClNO5. The van der Waals surface area contributed by atoms with E-state index in [0.717, 1.165) is 35.6 Å². The second-order valence-electron chi connectivity index (χ2n) is 6.27. The summed E-state index contributed by atoms with van der Waals surface area (Å²) >= 11 is 0. The number of nitrogens with one attached hydrogen (secondary N) is 1. The van der Waals surface area contributed by atoms with Gasteiger partial charge in [-0.15, -0.1) is 12.4 Å². The summed E-state index contributed by atoms with van der Waals surface area (Å²) in [4.78, 5) is 11.1. The van der Waals surface area contributed by atoms with Crippen LogP contribution in [0.4, 0.5) is 0 Å². The molecule has 0 spiro atoms. The third-order valence-corrected chi connectivity index (χ3v) is 4.39. The summed E-state index contributed by atoms with van der Waals surface area (Å²) in [6.45, 7) is 1.37. The number of halogens is 1. The van der Waals surface area contributed by atoms with Crippen molar-refractivity contribution in [3.8, 4) is 22.8 Å². The van der Waals surface area contributed by atoms with Gasteiger partial charge in [0, 0.05) is 5.56 Å². The average molecular weight is 418 g/mol. The van der Waals surface area contributed by atoms with Crippen molar-refractivity contribution in [1.82, 2.24) is 5.32 Å². The summed E-state index contributed by atoms with van der Waals surface area (Å²) in [6, 6.07) is 16.4. The predicted octanol–water partition coefficient (Wildman–Crippen LogP) is 4.42. The molecule has 154 valence electrons. The van der Waals surface area contributed by atoms with Crippen LogP contribution in [-0.4, -0.2) is 31.8 Å². The van der Waals surface area contributed by atoms with Crippen LogP contribution in [0.5, 0.6) is 11.5 Å². The molecule has 0 aliphatic carbocycles. The van der Waals surface area contributed by atoms with Gasteiger partial charge < -0.3 is 24.3 Å². The predicted molar refractivity (Wildman–Crippen MR) is 113 cm³/mol. The Morgan fingerprint density at radius 3 is 2.55 bits per heavy atom. The van der Waals surface area contributed by atoms with Crippen molar-refractivity contribution in [2.24, 2.45) is 0 Å². The van der Waals surface area contributed by atoms with Crippen LogP contribution in [0.1, 0.15) is 21.7 Å². The number of carbonyl (C=O) groups is 1. The minimum atomic E-state index is -0.953. The van der Waals surface area contributed by atoms with Gasteiger partial charge >= 0.3 is 5.97 Å². The molecule has 0 fully saturated rings. The number of aromatic carboxylic acids is 1. The molecule has 0 aliphatic rings. The molecule has 2 aromatic carbocycles. The maximum absolute atomic E-state index is 11.1. The van der Waals surface area contributed by atoms with Gasteiger partial charge in [-0.2, -0.15) is 0 Å². The smallest absolute Gasteiger partial charge is 0.335 e. The van der Waals surface area contributed by atoms with Crippen LogP contribution >= 0.6 is 12.4 Å². The number of furan rings is 1. The van der Waals surface area contributed by atoms with E-state index in [4.69, 9.17) is 19.0 Å². The highest BCUT2D eigenvalue weighted by atomic mass is 35.5. The van der Waals surface area contributed by atoms with Crippen LogP contribution in [0.25, 0.3) is 11.3 Å².